The van der Waals surface area contributed by atoms with Crippen LogP contribution in [0.15, 0.2) is 6.08 Å². The third-order valence-electron chi connectivity index (χ3n) is 6.27. The first kappa shape index (κ1) is 21.5. The Labute approximate surface area is 174 Å². The Morgan fingerprint density at radius 3 is 2.79 bits per heavy atom. The second kappa shape index (κ2) is 10.5. The molecule has 2 aliphatic carbocycles. The molecular weight excluding hydrogens is 366 g/mol. The van der Waals surface area contributed by atoms with Crippen LogP contribution in [0.2, 0.25) is 0 Å². The van der Waals surface area contributed by atoms with Crippen LogP contribution in [0.5, 0.6) is 0 Å². The molecule has 0 aromatic carbocycles. The molecule has 0 saturated heterocycles. The molecule has 1 saturated carbocycles. The van der Waals surface area contributed by atoms with E-state index >= 15 is 0 Å². The van der Waals surface area contributed by atoms with Gasteiger partial charge in [0.15, 0.2) is 0 Å². The highest BCUT2D eigenvalue weighted by molar-refractivity contribution is 7.11. The van der Waals surface area contributed by atoms with Crippen LogP contribution in [0.25, 0.3) is 6.08 Å². The minimum absolute atomic E-state index is 0.167. The number of hydrogen-bond donors (Lipinski definition) is 2. The lowest BCUT2D eigenvalue weighted by Crippen LogP contribution is -2.42. The van der Waals surface area contributed by atoms with Gasteiger partial charge < -0.3 is 10.6 Å². The van der Waals surface area contributed by atoms with Crippen molar-refractivity contribution >= 4 is 23.3 Å². The number of rotatable bonds is 9. The van der Waals surface area contributed by atoms with E-state index in [1.807, 2.05) is 7.05 Å². The van der Waals surface area contributed by atoms with Gasteiger partial charge in [-0.3, -0.25) is 4.79 Å². The molecule has 2 atom stereocenters. The largest absolute Gasteiger partial charge is 0.352 e. The zero-order valence-electron chi connectivity index (χ0n) is 17.8. The van der Waals surface area contributed by atoms with E-state index < -0.39 is 0 Å². The molecule has 0 aliphatic heterocycles. The number of aryl methyl sites for hydroxylation is 1. The highest BCUT2D eigenvalue weighted by atomic mass is 32.1. The number of nitrogens with zero attached hydrogens (tertiary/aromatic N) is 1. The van der Waals surface area contributed by atoms with Crippen LogP contribution in [-0.4, -0.2) is 30.5 Å². The molecule has 0 radical (unpaired) electrons. The molecular formula is C23H37N3OS. The molecule has 3 rings (SSSR count). The lowest BCUT2D eigenvalue weighted by Gasteiger charge is -2.27. The summed E-state index contributed by atoms with van der Waals surface area (Å²) in [6, 6.07) is 0.250. The van der Waals surface area contributed by atoms with E-state index in [4.69, 9.17) is 4.98 Å². The molecule has 1 aromatic heterocycles. The summed E-state index contributed by atoms with van der Waals surface area (Å²) in [4.78, 5) is 18.7. The lowest BCUT2D eigenvalue weighted by atomic mass is 9.85. The zero-order chi connectivity index (χ0) is 19.9. The second-order valence-corrected chi connectivity index (χ2v) is 10.1. The minimum atomic E-state index is 0.167. The average Bonchev–Trinajstić information content (AvgIpc) is 3.09. The summed E-state index contributed by atoms with van der Waals surface area (Å²) in [5, 5.41) is 7.63. The molecule has 0 spiro atoms. The van der Waals surface area contributed by atoms with E-state index in [1.165, 1.54) is 37.0 Å². The Kier molecular flexibility index (Phi) is 8.10. The summed E-state index contributed by atoms with van der Waals surface area (Å²) in [7, 11) is 1.97. The summed E-state index contributed by atoms with van der Waals surface area (Å²) < 4.78 is 0. The van der Waals surface area contributed by atoms with Crippen LogP contribution >= 0.6 is 11.3 Å². The first-order valence-corrected chi connectivity index (χ1v) is 12.0. The van der Waals surface area contributed by atoms with E-state index in [1.54, 1.807) is 11.3 Å². The lowest BCUT2D eigenvalue weighted by molar-refractivity contribution is -0.121. The summed E-state index contributed by atoms with van der Waals surface area (Å²) in [6.07, 6.45) is 14.7. The fourth-order valence-electron chi connectivity index (χ4n) is 4.54. The number of likely N-dealkylation sites (N-methyl/N-ethyl adjacent to an activating group) is 1. The number of carbonyl (C=O) groups is 1. The predicted octanol–water partition coefficient (Wildman–Crippen LogP) is 4.59. The van der Waals surface area contributed by atoms with Gasteiger partial charge >= 0.3 is 0 Å². The fourth-order valence-corrected chi connectivity index (χ4v) is 5.66. The molecule has 1 aromatic rings. The van der Waals surface area contributed by atoms with Crippen LogP contribution in [0.4, 0.5) is 0 Å². The van der Waals surface area contributed by atoms with Gasteiger partial charge in [0.05, 0.1) is 10.7 Å². The number of amides is 1. The normalized spacial score (nSPS) is 20.9. The van der Waals surface area contributed by atoms with Gasteiger partial charge in [-0.05, 0) is 43.7 Å². The zero-order valence-corrected chi connectivity index (χ0v) is 18.6. The standard InChI is InChI=1S/C23H37N3OS/c1-16(2)18-9-10-20-21(14-18)28-23(26-20)12-11-22(27)25-19(15-24-3)13-17-7-5-4-6-8-17/h9-10,16-19,24H,4-8,11-15H2,1-3H3,(H,25,27). The fraction of sp³-hybridized carbons (Fsp3) is 0.739. The number of thiazole rings is 1. The van der Waals surface area contributed by atoms with Crippen molar-refractivity contribution in [2.24, 2.45) is 17.8 Å². The number of aromatic nitrogens is 1. The van der Waals surface area contributed by atoms with Crippen molar-refractivity contribution in [2.75, 3.05) is 13.6 Å². The summed E-state index contributed by atoms with van der Waals surface area (Å²) >= 11 is 1.80. The number of nitrogens with one attached hydrogen (secondary N) is 2. The Bertz CT molecular complexity index is 661. The highest BCUT2D eigenvalue weighted by Gasteiger charge is 2.22. The SMILES string of the molecule is CNCC(CC1CCCCC1)NC(=O)CCc1nc2c(s1)CC(C(C)C)C=C2. The quantitative estimate of drug-likeness (QED) is 0.634. The van der Waals surface area contributed by atoms with E-state index in [2.05, 4.69) is 36.6 Å². The molecule has 2 aliphatic rings. The van der Waals surface area contributed by atoms with Crippen LogP contribution in [-0.2, 0) is 17.6 Å². The van der Waals surface area contributed by atoms with E-state index in [0.29, 0.717) is 18.3 Å². The molecule has 4 nitrogen and oxygen atoms in total. The predicted molar refractivity (Wildman–Crippen MR) is 119 cm³/mol. The highest BCUT2D eigenvalue weighted by Crippen LogP contribution is 2.32. The third kappa shape index (κ3) is 6.15. The summed E-state index contributed by atoms with van der Waals surface area (Å²) in [5.41, 5.74) is 1.13. The first-order chi connectivity index (χ1) is 13.5. The van der Waals surface area contributed by atoms with Crippen LogP contribution in [0, 0.1) is 17.8 Å². The number of hydrogen-bond acceptors (Lipinski definition) is 4. The third-order valence-corrected chi connectivity index (χ3v) is 7.43. The maximum absolute atomic E-state index is 12.6. The molecule has 156 valence electrons. The van der Waals surface area contributed by atoms with Gasteiger partial charge in [0, 0.05) is 30.3 Å². The topological polar surface area (TPSA) is 54.0 Å². The summed E-state index contributed by atoms with van der Waals surface area (Å²) in [6.45, 7) is 5.41. The Balaban J connectivity index is 1.47. The van der Waals surface area contributed by atoms with E-state index in [9.17, 15) is 4.79 Å². The van der Waals surface area contributed by atoms with Crippen molar-refractivity contribution in [3.8, 4) is 0 Å². The molecule has 1 amide bonds. The van der Waals surface area contributed by atoms with E-state index in [0.717, 1.165) is 42.4 Å². The van der Waals surface area contributed by atoms with Gasteiger partial charge in [0.2, 0.25) is 5.91 Å². The van der Waals surface area contributed by atoms with Crippen molar-refractivity contribution < 1.29 is 4.79 Å². The Morgan fingerprint density at radius 1 is 1.29 bits per heavy atom. The number of carbonyl (C=O) groups excluding carboxylic acids is 1. The Morgan fingerprint density at radius 2 is 2.07 bits per heavy atom. The first-order valence-electron chi connectivity index (χ1n) is 11.2. The minimum Gasteiger partial charge on any atom is -0.352 e. The molecule has 5 heteroatoms. The summed E-state index contributed by atoms with van der Waals surface area (Å²) in [5.74, 6) is 2.22. The Hall–Kier alpha value is -1.20. The van der Waals surface area contributed by atoms with Crippen LogP contribution in [0.1, 0.15) is 74.4 Å². The maximum Gasteiger partial charge on any atom is 0.220 e. The van der Waals surface area contributed by atoms with Gasteiger partial charge in [0.1, 0.15) is 0 Å². The maximum atomic E-state index is 12.6. The molecule has 28 heavy (non-hydrogen) atoms. The second-order valence-electron chi connectivity index (χ2n) is 8.95. The van der Waals surface area contributed by atoms with Crippen molar-refractivity contribution in [3.05, 3.63) is 21.7 Å². The van der Waals surface area contributed by atoms with Crippen molar-refractivity contribution in [2.45, 2.75) is 77.7 Å². The van der Waals surface area contributed by atoms with E-state index in [-0.39, 0.29) is 11.9 Å². The van der Waals surface area contributed by atoms with Gasteiger partial charge in [-0.2, -0.15) is 0 Å². The smallest absolute Gasteiger partial charge is 0.220 e. The molecule has 2 N–H and O–H groups in total. The number of fused-ring (bicyclic) bond motifs is 1. The van der Waals surface area contributed by atoms with Gasteiger partial charge in [-0.25, -0.2) is 4.98 Å². The van der Waals surface area contributed by atoms with Crippen LogP contribution in [0.3, 0.4) is 0 Å². The van der Waals surface area contributed by atoms with Crippen molar-refractivity contribution in [1.29, 1.82) is 0 Å². The molecule has 1 heterocycles. The monoisotopic (exact) mass is 403 g/mol. The van der Waals surface area contributed by atoms with Gasteiger partial charge in [0.25, 0.3) is 0 Å². The van der Waals surface area contributed by atoms with Crippen LogP contribution < -0.4 is 10.6 Å². The molecule has 1 fully saturated rings. The molecule has 0 bridgehead atoms. The molecule has 2 unspecified atom stereocenters. The van der Waals surface area contributed by atoms with Gasteiger partial charge in [-0.15, -0.1) is 11.3 Å². The number of allylic oxidation sites excluding steroid dienone is 1. The van der Waals surface area contributed by atoms with Crippen molar-refractivity contribution in [1.82, 2.24) is 15.6 Å². The van der Waals surface area contributed by atoms with Gasteiger partial charge in [-0.1, -0.05) is 52.0 Å². The average molecular weight is 404 g/mol. The van der Waals surface area contributed by atoms with Crippen molar-refractivity contribution in [3.63, 3.8) is 0 Å².